The van der Waals surface area contributed by atoms with E-state index in [4.69, 9.17) is 45.1 Å². The van der Waals surface area contributed by atoms with Gasteiger partial charge in [-0.15, -0.1) is 6.42 Å². The van der Waals surface area contributed by atoms with Gasteiger partial charge in [0.25, 0.3) is 0 Å². The van der Waals surface area contributed by atoms with Crippen molar-refractivity contribution in [1.82, 2.24) is 29.3 Å². The van der Waals surface area contributed by atoms with Crippen molar-refractivity contribution in [2.45, 2.75) is 113 Å². The molecule has 0 N–H and O–H groups in total. The largest absolute Gasteiger partial charge is 0.468 e. The molecule has 14 nitrogen and oxygen atoms in total. The number of piperidine rings is 1. The Bertz CT molecular complexity index is 2500. The number of nitrogens with zero attached hydrogens (tertiary/aromatic N) is 7. The van der Waals surface area contributed by atoms with Crippen molar-refractivity contribution in [2.24, 2.45) is 0 Å². The van der Waals surface area contributed by atoms with Crippen LogP contribution >= 0.6 is 0 Å². The van der Waals surface area contributed by atoms with Crippen LogP contribution in [0.25, 0.3) is 21.9 Å². The normalized spacial score (nSPS) is 29.3. The minimum atomic E-state index is -0.941. The number of carbonyl (C=O) groups is 2. The number of carbonyl (C=O) groups excluding carboxylic acids is 2. The number of piperazine rings is 1. The van der Waals surface area contributed by atoms with Crippen LogP contribution in [0.4, 0.5) is 14.6 Å². The molecule has 7 atom stereocenters. The summed E-state index contributed by atoms with van der Waals surface area (Å²) >= 11 is 0. The molecule has 6 aliphatic rings. The number of methoxy groups -OCH3 is 2. The van der Waals surface area contributed by atoms with Crippen LogP contribution in [0, 0.1) is 18.2 Å². The monoisotopic (exact) mass is 839 g/mol. The van der Waals surface area contributed by atoms with E-state index in [1.807, 2.05) is 25.3 Å². The van der Waals surface area contributed by atoms with Crippen LogP contribution in [-0.2, 0) is 19.0 Å². The average Bonchev–Trinajstić information content (AvgIpc) is 3.58. The molecule has 5 saturated heterocycles. The minimum Gasteiger partial charge on any atom is -0.468 e. The second kappa shape index (κ2) is 14.6. The number of halogens is 2. The molecular formula is C45H51F2N7O7. The van der Waals surface area contributed by atoms with Crippen molar-refractivity contribution in [3.63, 3.8) is 0 Å². The molecule has 4 aromatic rings. The Labute approximate surface area is 352 Å². The van der Waals surface area contributed by atoms with Crippen LogP contribution in [0.15, 0.2) is 24.3 Å². The Balaban J connectivity index is 1.12. The maximum absolute atomic E-state index is 15.4. The number of ether oxygens (including phenoxy) is 5. The van der Waals surface area contributed by atoms with Crippen molar-refractivity contribution in [3.8, 4) is 24.1 Å². The molecular weight excluding hydrogens is 789 g/mol. The molecule has 6 unspecified atom stereocenters. The third-order valence-electron chi connectivity index (χ3n) is 13.9. The maximum Gasteiger partial charge on any atom is 0.328 e. The summed E-state index contributed by atoms with van der Waals surface area (Å²) in [4.78, 5) is 50.8. The Kier molecular flexibility index (Phi) is 9.59. The van der Waals surface area contributed by atoms with E-state index in [1.165, 1.54) is 13.2 Å². The third-order valence-corrected chi connectivity index (χ3v) is 13.9. The molecule has 2 aromatic carbocycles. The molecule has 5 aliphatic heterocycles. The van der Waals surface area contributed by atoms with Gasteiger partial charge in [0.05, 0.1) is 29.3 Å². The highest BCUT2D eigenvalue weighted by molar-refractivity contribution is 6.17. The van der Waals surface area contributed by atoms with Gasteiger partial charge in [0.15, 0.2) is 24.1 Å². The maximum atomic E-state index is 15.4. The van der Waals surface area contributed by atoms with Crippen LogP contribution < -0.4 is 14.4 Å². The van der Waals surface area contributed by atoms with Crippen molar-refractivity contribution in [1.29, 1.82) is 0 Å². The number of imidazole rings is 1. The van der Waals surface area contributed by atoms with Crippen LogP contribution in [0.2, 0.25) is 0 Å². The summed E-state index contributed by atoms with van der Waals surface area (Å²) in [5, 5.41) is 0.780. The average molecular weight is 840 g/mol. The first kappa shape index (κ1) is 40.1. The topological polar surface area (TPSA) is 133 Å². The Morgan fingerprint density at radius 1 is 1.03 bits per heavy atom. The fourth-order valence-electron chi connectivity index (χ4n) is 11.0. The summed E-state index contributed by atoms with van der Waals surface area (Å²) in [6.45, 7) is 7.79. The van der Waals surface area contributed by atoms with Gasteiger partial charge in [0, 0.05) is 63.7 Å². The summed E-state index contributed by atoms with van der Waals surface area (Å²) in [6.07, 6.45) is 9.83. The quantitative estimate of drug-likeness (QED) is 0.0597. The van der Waals surface area contributed by atoms with Crippen LogP contribution in [0.5, 0.6) is 11.8 Å². The summed E-state index contributed by atoms with van der Waals surface area (Å²) in [7, 11) is 3.16. The van der Waals surface area contributed by atoms with Gasteiger partial charge in [-0.25, -0.2) is 18.6 Å². The number of hydrogen-bond donors (Lipinski definition) is 0. The van der Waals surface area contributed by atoms with E-state index in [0.717, 1.165) is 38.6 Å². The van der Waals surface area contributed by atoms with Crippen LogP contribution in [0.1, 0.15) is 93.5 Å². The Hall–Kier alpha value is -4.95. The fourth-order valence-corrected chi connectivity index (χ4v) is 11.0. The lowest BCUT2D eigenvalue weighted by Gasteiger charge is -2.37. The minimum absolute atomic E-state index is 0.0478. The lowest BCUT2D eigenvalue weighted by molar-refractivity contribution is -0.159. The smallest absolute Gasteiger partial charge is 0.328 e. The lowest BCUT2D eigenvalue weighted by atomic mass is 9.91. The molecule has 0 bridgehead atoms. The van der Waals surface area contributed by atoms with Crippen molar-refractivity contribution >= 4 is 39.5 Å². The van der Waals surface area contributed by atoms with E-state index in [9.17, 15) is 9.18 Å². The van der Waals surface area contributed by atoms with Gasteiger partial charge in [-0.2, -0.15) is 9.97 Å². The van der Waals surface area contributed by atoms with Crippen LogP contribution in [0.3, 0.4) is 0 Å². The standard InChI is InChI=1S/C45H51F2N7O7/c1-7-29-31(47)13-12-25-16-28(60-24-57-5)17-30(35(25)29)37(55)40-48-38-36(53(40)27-10-8-11-27)39(50-42(49-38)59-23-44-14-9-15-52(44)20-26(46)18-44)51-21-32-33(58-6)19-45(34(22-51)54(32)45)41(56)61-43(2,3)4/h1,12-13,16-17,26-27,32-34H,8-11,14-15,18-24H2,2-6H3/t26?,32?,33?,34?,44-,45?,54?/m0/s1. The van der Waals surface area contributed by atoms with Gasteiger partial charge in [0.2, 0.25) is 5.78 Å². The zero-order chi connectivity index (χ0) is 42.6. The second-order valence-corrected chi connectivity index (χ2v) is 18.6. The number of fused-ring (bicyclic) bond motifs is 4. The first-order chi connectivity index (χ1) is 29.3. The Morgan fingerprint density at radius 3 is 2.57 bits per heavy atom. The third kappa shape index (κ3) is 6.36. The summed E-state index contributed by atoms with van der Waals surface area (Å²) in [5.74, 6) is 2.00. The Morgan fingerprint density at radius 2 is 1.85 bits per heavy atom. The van der Waals surface area contributed by atoms with Gasteiger partial charge in [-0.3, -0.25) is 14.6 Å². The second-order valence-electron chi connectivity index (χ2n) is 18.6. The van der Waals surface area contributed by atoms with Crippen molar-refractivity contribution in [2.75, 3.05) is 58.7 Å². The number of hydrogen-bond acceptors (Lipinski definition) is 13. The summed E-state index contributed by atoms with van der Waals surface area (Å²) in [6, 6.07) is 5.69. The van der Waals surface area contributed by atoms with Gasteiger partial charge in [-0.05, 0) is 83.0 Å². The number of ketones is 1. The van der Waals surface area contributed by atoms with E-state index >= 15 is 9.18 Å². The highest BCUT2D eigenvalue weighted by Crippen LogP contribution is 2.58. The predicted molar refractivity (Wildman–Crippen MR) is 220 cm³/mol. The summed E-state index contributed by atoms with van der Waals surface area (Å²) < 4.78 is 61.7. The molecule has 0 radical (unpaired) electrons. The molecule has 0 spiro atoms. The zero-order valence-electron chi connectivity index (χ0n) is 35.2. The number of rotatable bonds is 12. The van der Waals surface area contributed by atoms with Crippen molar-refractivity contribution < 1.29 is 42.1 Å². The molecule has 322 valence electrons. The number of benzene rings is 2. The predicted octanol–water partition coefficient (Wildman–Crippen LogP) is 5.37. The van der Waals surface area contributed by atoms with E-state index in [1.54, 1.807) is 25.3 Å². The van der Waals surface area contributed by atoms with E-state index in [0.29, 0.717) is 54.9 Å². The van der Waals surface area contributed by atoms with E-state index < -0.39 is 34.5 Å². The highest BCUT2D eigenvalue weighted by atomic mass is 19.1. The lowest BCUT2D eigenvalue weighted by Crippen LogP contribution is -2.51. The fraction of sp³-hybridized carbons (Fsp3) is 0.578. The van der Waals surface area contributed by atoms with Gasteiger partial charge in [-0.1, -0.05) is 12.0 Å². The number of alkyl halides is 1. The highest BCUT2D eigenvalue weighted by Gasteiger charge is 2.78. The van der Waals surface area contributed by atoms with Gasteiger partial charge < -0.3 is 33.2 Å². The molecule has 7 heterocycles. The molecule has 0 amide bonds. The van der Waals surface area contributed by atoms with Gasteiger partial charge in [0.1, 0.15) is 41.0 Å². The SMILES string of the molecule is C#Cc1c(F)ccc2cc(OCOC)cc(C(=O)c3nc4nc(OC[C@@]56CCCN5CC(F)C6)nc(N5CC6C(OC)CC7(C(=O)OC(C)(C)C)C(C5)N67)c4n3C3CCC3)c12. The molecule has 1 aliphatic carbocycles. The molecule has 10 rings (SSSR count). The number of terminal acetylenes is 1. The number of anilines is 1. The first-order valence-electron chi connectivity index (χ1n) is 21.3. The van der Waals surface area contributed by atoms with E-state index in [-0.39, 0.29) is 77.6 Å². The van der Waals surface area contributed by atoms with Crippen LogP contribution in [-0.4, -0.2) is 136 Å². The number of esters is 1. The zero-order valence-corrected chi connectivity index (χ0v) is 35.2. The molecule has 6 fully saturated rings. The van der Waals surface area contributed by atoms with Gasteiger partial charge >= 0.3 is 12.0 Å². The number of aromatic nitrogens is 4. The molecule has 16 heteroatoms. The summed E-state index contributed by atoms with van der Waals surface area (Å²) in [5.41, 5.74) is -1.11. The molecule has 2 aromatic heterocycles. The molecule has 1 saturated carbocycles. The van der Waals surface area contributed by atoms with Crippen molar-refractivity contribution in [3.05, 3.63) is 47.0 Å². The first-order valence-corrected chi connectivity index (χ1v) is 21.3. The van der Waals surface area contributed by atoms with E-state index in [2.05, 4.69) is 20.6 Å². The molecule has 61 heavy (non-hydrogen) atoms.